The zero-order valence-electron chi connectivity index (χ0n) is 10.6. The molecule has 1 atom stereocenters. The van der Waals surface area contributed by atoms with E-state index in [9.17, 15) is 4.79 Å². The molecule has 0 aromatic rings. The van der Waals surface area contributed by atoms with Gasteiger partial charge < -0.3 is 15.1 Å². The summed E-state index contributed by atoms with van der Waals surface area (Å²) in [7, 11) is 1.94. The van der Waals surface area contributed by atoms with Gasteiger partial charge in [0, 0.05) is 19.6 Å². The van der Waals surface area contributed by atoms with Gasteiger partial charge in [-0.25, -0.2) is 4.79 Å². The first-order valence-corrected chi connectivity index (χ1v) is 6.35. The van der Waals surface area contributed by atoms with Crippen molar-refractivity contribution in [3.05, 3.63) is 0 Å². The second-order valence-corrected chi connectivity index (χ2v) is 5.34. The van der Waals surface area contributed by atoms with Crippen LogP contribution in [0.15, 0.2) is 0 Å². The normalized spacial score (nSPS) is 28.2. The molecule has 2 aliphatic heterocycles. The van der Waals surface area contributed by atoms with Gasteiger partial charge in [0.15, 0.2) is 0 Å². The third-order valence-electron chi connectivity index (χ3n) is 3.95. The van der Waals surface area contributed by atoms with E-state index in [1.165, 1.54) is 0 Å². The van der Waals surface area contributed by atoms with E-state index in [0.717, 1.165) is 32.5 Å². The minimum atomic E-state index is 0.227. The van der Waals surface area contributed by atoms with Crippen molar-refractivity contribution in [3.8, 4) is 0 Å². The van der Waals surface area contributed by atoms with E-state index in [1.54, 1.807) is 0 Å². The van der Waals surface area contributed by atoms with Crippen LogP contribution in [0.5, 0.6) is 0 Å². The highest BCUT2D eigenvalue weighted by molar-refractivity contribution is 5.77. The van der Waals surface area contributed by atoms with E-state index in [1.807, 2.05) is 11.9 Å². The van der Waals surface area contributed by atoms with Gasteiger partial charge >= 0.3 is 6.03 Å². The maximum Gasteiger partial charge on any atom is 0.320 e. The minimum Gasteiger partial charge on any atom is -0.323 e. The topological polar surface area (TPSA) is 35.6 Å². The molecule has 2 rings (SSSR count). The fourth-order valence-corrected chi connectivity index (χ4v) is 2.83. The van der Waals surface area contributed by atoms with Crippen LogP contribution in [0.4, 0.5) is 4.79 Å². The van der Waals surface area contributed by atoms with Crippen LogP contribution in [-0.2, 0) is 0 Å². The first kappa shape index (κ1) is 11.7. The van der Waals surface area contributed by atoms with Crippen LogP contribution in [0.3, 0.4) is 0 Å². The minimum absolute atomic E-state index is 0.227. The Kier molecular flexibility index (Phi) is 3.38. The number of likely N-dealkylation sites (N-methyl/N-ethyl adjacent to an activating group) is 1. The number of carbonyl (C=O) groups is 1. The van der Waals surface area contributed by atoms with Crippen LogP contribution in [0.25, 0.3) is 0 Å². The molecule has 1 unspecified atom stereocenters. The zero-order chi connectivity index (χ0) is 11.7. The van der Waals surface area contributed by atoms with Crippen molar-refractivity contribution in [2.24, 2.45) is 5.92 Å². The zero-order valence-corrected chi connectivity index (χ0v) is 10.6. The molecule has 0 aliphatic carbocycles. The van der Waals surface area contributed by atoms with Crippen LogP contribution >= 0.6 is 0 Å². The predicted octanol–water partition coefficient (Wildman–Crippen LogP) is 1.13. The molecule has 2 amide bonds. The Morgan fingerprint density at radius 1 is 1.31 bits per heavy atom. The number of rotatable bonds is 2. The molecule has 4 heteroatoms. The molecular formula is C12H23N3O. The van der Waals surface area contributed by atoms with Gasteiger partial charge in [0.05, 0.1) is 6.04 Å². The Hall–Kier alpha value is -0.770. The van der Waals surface area contributed by atoms with Crippen LogP contribution in [0, 0.1) is 5.92 Å². The highest BCUT2D eigenvalue weighted by Crippen LogP contribution is 2.25. The molecule has 0 aromatic heterocycles. The SMILES string of the molecule is CC(C)C1CN(C2CCNCC2)C(=O)N1C. The summed E-state index contributed by atoms with van der Waals surface area (Å²) in [5.41, 5.74) is 0. The molecule has 2 saturated heterocycles. The van der Waals surface area contributed by atoms with Crippen LogP contribution in [-0.4, -0.2) is 54.6 Å². The highest BCUT2D eigenvalue weighted by Gasteiger charge is 2.39. The summed E-state index contributed by atoms with van der Waals surface area (Å²) in [6.45, 7) is 7.40. The van der Waals surface area contributed by atoms with E-state index in [2.05, 4.69) is 24.1 Å². The van der Waals surface area contributed by atoms with Crippen molar-refractivity contribution >= 4 is 6.03 Å². The van der Waals surface area contributed by atoms with Crippen LogP contribution < -0.4 is 5.32 Å². The molecule has 0 spiro atoms. The Morgan fingerprint density at radius 3 is 2.44 bits per heavy atom. The monoisotopic (exact) mass is 225 g/mol. The number of piperidine rings is 1. The van der Waals surface area contributed by atoms with Crippen molar-refractivity contribution in [2.45, 2.75) is 38.8 Å². The van der Waals surface area contributed by atoms with Gasteiger partial charge in [-0.1, -0.05) is 13.8 Å². The van der Waals surface area contributed by atoms with Crippen LogP contribution in [0.2, 0.25) is 0 Å². The van der Waals surface area contributed by atoms with Crippen LogP contribution in [0.1, 0.15) is 26.7 Å². The second kappa shape index (κ2) is 4.62. The van der Waals surface area contributed by atoms with Crippen molar-refractivity contribution in [1.29, 1.82) is 0 Å². The largest absolute Gasteiger partial charge is 0.323 e. The van der Waals surface area contributed by atoms with Crippen molar-refractivity contribution in [1.82, 2.24) is 15.1 Å². The summed E-state index contributed by atoms with van der Waals surface area (Å²) < 4.78 is 0. The van der Waals surface area contributed by atoms with Crippen molar-refractivity contribution in [3.63, 3.8) is 0 Å². The van der Waals surface area contributed by atoms with E-state index in [0.29, 0.717) is 18.0 Å². The second-order valence-electron chi connectivity index (χ2n) is 5.34. The van der Waals surface area contributed by atoms with Crippen molar-refractivity contribution < 1.29 is 4.79 Å². The Morgan fingerprint density at radius 2 is 1.94 bits per heavy atom. The standard InChI is InChI=1S/C12H23N3O/c1-9(2)11-8-15(12(16)14(11)3)10-4-6-13-7-5-10/h9-11,13H,4-8H2,1-3H3. The third-order valence-corrected chi connectivity index (χ3v) is 3.95. The number of amides is 2. The molecule has 1 N–H and O–H groups in total. The highest BCUT2D eigenvalue weighted by atomic mass is 16.2. The van der Waals surface area contributed by atoms with Gasteiger partial charge in [0.1, 0.15) is 0 Å². The van der Waals surface area contributed by atoms with Gasteiger partial charge in [0.25, 0.3) is 0 Å². The first-order valence-electron chi connectivity index (χ1n) is 6.35. The molecule has 92 valence electrons. The number of nitrogens with one attached hydrogen (secondary N) is 1. The first-order chi connectivity index (χ1) is 7.61. The van der Waals surface area contributed by atoms with Gasteiger partial charge in [-0.05, 0) is 31.8 Å². The number of nitrogens with zero attached hydrogens (tertiary/aromatic N) is 2. The lowest BCUT2D eigenvalue weighted by molar-refractivity contribution is 0.169. The molecule has 0 saturated carbocycles. The predicted molar refractivity (Wildman–Crippen MR) is 64.4 cm³/mol. The summed E-state index contributed by atoms with van der Waals surface area (Å²) in [5.74, 6) is 0.542. The van der Waals surface area contributed by atoms with Gasteiger partial charge in [-0.3, -0.25) is 0 Å². The summed E-state index contributed by atoms with van der Waals surface area (Å²) in [4.78, 5) is 16.2. The third kappa shape index (κ3) is 2.03. The van der Waals surface area contributed by atoms with E-state index in [4.69, 9.17) is 0 Å². The maximum absolute atomic E-state index is 12.2. The molecule has 4 nitrogen and oxygen atoms in total. The van der Waals surface area contributed by atoms with E-state index < -0.39 is 0 Å². The smallest absolute Gasteiger partial charge is 0.320 e. The number of hydrogen-bond acceptors (Lipinski definition) is 2. The molecule has 2 heterocycles. The lowest BCUT2D eigenvalue weighted by Crippen LogP contribution is -2.44. The Labute approximate surface area is 98.0 Å². The van der Waals surface area contributed by atoms with Gasteiger partial charge in [-0.2, -0.15) is 0 Å². The lowest BCUT2D eigenvalue weighted by atomic mass is 10.0. The molecule has 0 aromatic carbocycles. The number of urea groups is 1. The summed E-state index contributed by atoms with van der Waals surface area (Å²) in [6.07, 6.45) is 2.20. The summed E-state index contributed by atoms with van der Waals surface area (Å²) >= 11 is 0. The van der Waals surface area contributed by atoms with Crippen molar-refractivity contribution in [2.75, 3.05) is 26.7 Å². The average molecular weight is 225 g/mol. The average Bonchev–Trinajstić information content (AvgIpc) is 2.58. The molecule has 2 aliphatic rings. The van der Waals surface area contributed by atoms with E-state index >= 15 is 0 Å². The van der Waals surface area contributed by atoms with Gasteiger partial charge in [0.2, 0.25) is 0 Å². The Balaban J connectivity index is 2.03. The maximum atomic E-state index is 12.2. The molecule has 16 heavy (non-hydrogen) atoms. The Bertz CT molecular complexity index is 261. The quantitative estimate of drug-likeness (QED) is 0.764. The molecule has 2 fully saturated rings. The molecule has 0 bridgehead atoms. The lowest BCUT2D eigenvalue weighted by Gasteiger charge is -2.31. The molecule has 0 radical (unpaired) electrons. The number of carbonyl (C=O) groups excluding carboxylic acids is 1. The fraction of sp³-hybridized carbons (Fsp3) is 0.917. The number of hydrogen-bond donors (Lipinski definition) is 1. The fourth-order valence-electron chi connectivity index (χ4n) is 2.83. The summed E-state index contributed by atoms with van der Waals surface area (Å²) in [6, 6.07) is 1.08. The van der Waals surface area contributed by atoms with E-state index in [-0.39, 0.29) is 6.03 Å². The van der Waals surface area contributed by atoms with Gasteiger partial charge in [-0.15, -0.1) is 0 Å². The summed E-state index contributed by atoms with van der Waals surface area (Å²) in [5, 5.41) is 3.35. The molecular weight excluding hydrogens is 202 g/mol.